The normalized spacial score (nSPS) is 24.4. The van der Waals surface area contributed by atoms with Crippen LogP contribution in [-0.4, -0.2) is 17.6 Å². The number of pyridine rings is 1. The summed E-state index contributed by atoms with van der Waals surface area (Å²) in [6.07, 6.45) is 10.5. The Morgan fingerprint density at radius 3 is 3.00 bits per heavy atom. The Morgan fingerprint density at radius 2 is 2.28 bits per heavy atom. The molecule has 0 spiro atoms. The summed E-state index contributed by atoms with van der Waals surface area (Å²) in [4.78, 5) is 4.16. The fourth-order valence-electron chi connectivity index (χ4n) is 2.99. The van der Waals surface area contributed by atoms with Crippen LogP contribution in [0.5, 0.6) is 0 Å². The van der Waals surface area contributed by atoms with Crippen molar-refractivity contribution in [2.24, 2.45) is 11.8 Å². The van der Waals surface area contributed by atoms with Crippen LogP contribution in [0.3, 0.4) is 0 Å². The van der Waals surface area contributed by atoms with Crippen LogP contribution in [0.1, 0.15) is 45.1 Å². The lowest BCUT2D eigenvalue weighted by molar-refractivity contribution is 0.232. The summed E-state index contributed by atoms with van der Waals surface area (Å²) in [5, 5.41) is 3.73. The van der Waals surface area contributed by atoms with Gasteiger partial charge in [-0.2, -0.15) is 0 Å². The highest BCUT2D eigenvalue weighted by atomic mass is 14.9. The second-order valence-corrected chi connectivity index (χ2v) is 5.93. The third kappa shape index (κ3) is 4.09. The molecular weight excluding hydrogens is 220 g/mol. The van der Waals surface area contributed by atoms with E-state index in [1.54, 1.807) is 0 Å². The summed E-state index contributed by atoms with van der Waals surface area (Å²) in [6, 6.07) is 4.92. The molecule has 1 fully saturated rings. The summed E-state index contributed by atoms with van der Waals surface area (Å²) in [5.74, 6) is 1.77. The number of rotatable bonds is 5. The van der Waals surface area contributed by atoms with E-state index in [2.05, 4.69) is 30.2 Å². The molecule has 2 heteroatoms. The second kappa shape index (κ2) is 6.89. The van der Waals surface area contributed by atoms with E-state index < -0.39 is 0 Å². The molecule has 2 nitrogen and oxygen atoms in total. The molecule has 2 rings (SSSR count). The average Bonchev–Trinajstić information content (AvgIpc) is 2.40. The number of nitrogens with one attached hydrogen (secondary N) is 1. The molecule has 2 unspecified atom stereocenters. The second-order valence-electron chi connectivity index (χ2n) is 5.93. The first-order valence-corrected chi connectivity index (χ1v) is 7.38. The molecule has 1 aliphatic carbocycles. The van der Waals surface area contributed by atoms with Crippen LogP contribution in [0, 0.1) is 11.8 Å². The van der Waals surface area contributed by atoms with E-state index in [9.17, 15) is 0 Å². The van der Waals surface area contributed by atoms with Crippen LogP contribution in [-0.2, 0) is 6.42 Å². The number of hydrogen-bond donors (Lipinski definition) is 1. The minimum Gasteiger partial charge on any atom is -0.314 e. The molecule has 2 atom stereocenters. The van der Waals surface area contributed by atoms with Crippen molar-refractivity contribution in [1.29, 1.82) is 0 Å². The van der Waals surface area contributed by atoms with E-state index in [0.717, 1.165) is 30.8 Å². The molecule has 1 aromatic rings. The summed E-state index contributed by atoms with van der Waals surface area (Å²) >= 11 is 0. The zero-order chi connectivity index (χ0) is 12.8. The molecule has 0 bridgehead atoms. The Labute approximate surface area is 111 Å². The van der Waals surface area contributed by atoms with Gasteiger partial charge in [-0.05, 0) is 49.3 Å². The first kappa shape index (κ1) is 13.5. The van der Waals surface area contributed by atoms with Crippen LogP contribution in [0.4, 0.5) is 0 Å². The summed E-state index contributed by atoms with van der Waals surface area (Å²) in [5.41, 5.74) is 1.33. The fraction of sp³-hybridized carbons (Fsp3) is 0.688. The largest absolute Gasteiger partial charge is 0.314 e. The van der Waals surface area contributed by atoms with Crippen LogP contribution in [0.25, 0.3) is 0 Å². The van der Waals surface area contributed by atoms with Gasteiger partial charge in [-0.15, -0.1) is 0 Å². The lowest BCUT2D eigenvalue weighted by atomic mass is 9.79. The van der Waals surface area contributed by atoms with Crippen molar-refractivity contribution in [2.75, 3.05) is 6.54 Å². The summed E-state index contributed by atoms with van der Waals surface area (Å²) in [6.45, 7) is 5.81. The van der Waals surface area contributed by atoms with Gasteiger partial charge in [0.1, 0.15) is 0 Å². The van der Waals surface area contributed by atoms with Crippen LogP contribution in [0.2, 0.25) is 0 Å². The average molecular weight is 246 g/mol. The van der Waals surface area contributed by atoms with Gasteiger partial charge >= 0.3 is 0 Å². The van der Waals surface area contributed by atoms with E-state index in [1.807, 2.05) is 18.5 Å². The molecule has 1 aliphatic rings. The van der Waals surface area contributed by atoms with Crippen LogP contribution < -0.4 is 5.32 Å². The van der Waals surface area contributed by atoms with E-state index in [1.165, 1.54) is 31.2 Å². The molecule has 0 saturated heterocycles. The molecule has 0 amide bonds. The minimum atomic E-state index is 0.739. The maximum absolute atomic E-state index is 4.16. The van der Waals surface area contributed by atoms with Crippen molar-refractivity contribution in [3.05, 3.63) is 30.1 Å². The Kier molecular flexibility index (Phi) is 5.18. The monoisotopic (exact) mass is 246 g/mol. The van der Waals surface area contributed by atoms with Crippen LogP contribution >= 0.6 is 0 Å². The lowest BCUT2D eigenvalue weighted by Crippen LogP contribution is -2.36. The fourth-order valence-corrected chi connectivity index (χ4v) is 2.99. The molecule has 1 saturated carbocycles. The molecule has 100 valence electrons. The van der Waals surface area contributed by atoms with Gasteiger partial charge in [0.15, 0.2) is 0 Å². The third-order valence-corrected chi connectivity index (χ3v) is 4.23. The van der Waals surface area contributed by atoms with E-state index in [4.69, 9.17) is 0 Å². The van der Waals surface area contributed by atoms with Gasteiger partial charge in [0.05, 0.1) is 0 Å². The minimum absolute atomic E-state index is 0.739. The highest BCUT2D eigenvalue weighted by Gasteiger charge is 2.23. The SMILES string of the molecule is CC(C)C1CCCC(NCCc2cccnc2)C1. The van der Waals surface area contributed by atoms with E-state index >= 15 is 0 Å². The highest BCUT2D eigenvalue weighted by Crippen LogP contribution is 2.29. The van der Waals surface area contributed by atoms with Crippen molar-refractivity contribution in [2.45, 2.75) is 52.0 Å². The number of nitrogens with zero attached hydrogens (tertiary/aromatic N) is 1. The summed E-state index contributed by atoms with van der Waals surface area (Å²) in [7, 11) is 0. The van der Waals surface area contributed by atoms with Gasteiger partial charge in [-0.25, -0.2) is 0 Å². The Balaban J connectivity index is 1.70. The Bertz CT molecular complexity index is 334. The van der Waals surface area contributed by atoms with Crippen molar-refractivity contribution in [1.82, 2.24) is 10.3 Å². The molecule has 0 radical (unpaired) electrons. The van der Waals surface area contributed by atoms with Gasteiger partial charge in [0, 0.05) is 18.4 Å². The first-order valence-electron chi connectivity index (χ1n) is 7.38. The maximum Gasteiger partial charge on any atom is 0.0300 e. The zero-order valence-corrected chi connectivity index (χ0v) is 11.7. The Hall–Kier alpha value is -0.890. The van der Waals surface area contributed by atoms with E-state index in [0.29, 0.717) is 0 Å². The number of hydrogen-bond acceptors (Lipinski definition) is 2. The molecular formula is C16H26N2. The smallest absolute Gasteiger partial charge is 0.0300 e. The topological polar surface area (TPSA) is 24.9 Å². The van der Waals surface area contributed by atoms with Gasteiger partial charge < -0.3 is 5.32 Å². The van der Waals surface area contributed by atoms with Gasteiger partial charge in [0.2, 0.25) is 0 Å². The third-order valence-electron chi connectivity index (χ3n) is 4.23. The highest BCUT2D eigenvalue weighted by molar-refractivity contribution is 5.08. The molecule has 18 heavy (non-hydrogen) atoms. The van der Waals surface area contributed by atoms with Crippen molar-refractivity contribution in [3.63, 3.8) is 0 Å². The van der Waals surface area contributed by atoms with Gasteiger partial charge in [-0.3, -0.25) is 4.98 Å². The molecule has 1 heterocycles. The van der Waals surface area contributed by atoms with Crippen LogP contribution in [0.15, 0.2) is 24.5 Å². The first-order chi connectivity index (χ1) is 8.75. The van der Waals surface area contributed by atoms with Gasteiger partial charge in [-0.1, -0.05) is 32.8 Å². The van der Waals surface area contributed by atoms with Crippen molar-refractivity contribution in [3.8, 4) is 0 Å². The quantitative estimate of drug-likeness (QED) is 0.861. The van der Waals surface area contributed by atoms with E-state index in [-0.39, 0.29) is 0 Å². The molecule has 0 aromatic carbocycles. The predicted octanol–water partition coefficient (Wildman–Crippen LogP) is 3.43. The zero-order valence-electron chi connectivity index (χ0n) is 11.7. The molecule has 0 aliphatic heterocycles. The summed E-state index contributed by atoms with van der Waals surface area (Å²) < 4.78 is 0. The molecule has 1 N–H and O–H groups in total. The van der Waals surface area contributed by atoms with Crippen molar-refractivity contribution >= 4 is 0 Å². The predicted molar refractivity (Wildman–Crippen MR) is 76.5 cm³/mol. The van der Waals surface area contributed by atoms with Crippen molar-refractivity contribution < 1.29 is 0 Å². The Morgan fingerprint density at radius 1 is 1.39 bits per heavy atom. The standard InChI is InChI=1S/C16H26N2/c1-13(2)15-6-3-7-16(11-15)18-10-8-14-5-4-9-17-12-14/h4-5,9,12-13,15-16,18H,3,6-8,10-11H2,1-2H3. The number of aromatic nitrogens is 1. The lowest BCUT2D eigenvalue weighted by Gasteiger charge is -2.32. The molecule has 1 aromatic heterocycles. The van der Waals surface area contributed by atoms with Gasteiger partial charge in [0.25, 0.3) is 0 Å². The maximum atomic E-state index is 4.16.